The molecule has 3 aliphatic rings. The Morgan fingerprint density at radius 1 is 1.12 bits per heavy atom. The Morgan fingerprint density at radius 3 is 2.66 bits per heavy atom. The third-order valence-electron chi connectivity index (χ3n) is 7.58. The van der Waals surface area contributed by atoms with Gasteiger partial charge in [-0.1, -0.05) is 13.8 Å². The van der Waals surface area contributed by atoms with Crippen molar-refractivity contribution in [2.45, 2.75) is 65.0 Å². The Hall–Kier alpha value is -1.50. The van der Waals surface area contributed by atoms with Crippen LogP contribution in [0.3, 0.4) is 0 Å². The van der Waals surface area contributed by atoms with Crippen LogP contribution in [0.2, 0.25) is 0 Å². The smallest absolute Gasteiger partial charge is 0.253 e. The summed E-state index contributed by atoms with van der Waals surface area (Å²) >= 11 is 1.93. The van der Waals surface area contributed by atoms with E-state index in [0.717, 1.165) is 95.2 Å². The quantitative estimate of drug-likeness (QED) is 0.639. The maximum Gasteiger partial charge on any atom is 0.253 e. The van der Waals surface area contributed by atoms with Crippen molar-refractivity contribution in [1.82, 2.24) is 13.8 Å². The van der Waals surface area contributed by atoms with Crippen molar-refractivity contribution in [2.24, 2.45) is 5.92 Å². The molecule has 2 fully saturated rings. The maximum atomic E-state index is 13.3. The molecule has 1 amide bonds. The zero-order chi connectivity index (χ0) is 22.1. The van der Waals surface area contributed by atoms with Gasteiger partial charge in [0.25, 0.3) is 5.91 Å². The topological polar surface area (TPSA) is 37.7 Å². The highest BCUT2D eigenvalue weighted by atomic mass is 32.2. The molecule has 0 atom stereocenters. The summed E-state index contributed by atoms with van der Waals surface area (Å²) in [4.78, 5) is 18.0. The summed E-state index contributed by atoms with van der Waals surface area (Å²) in [7, 11) is 0. The number of ether oxygens (including phenoxy) is 1. The Labute approximate surface area is 196 Å². The van der Waals surface area contributed by atoms with Gasteiger partial charge in [0.2, 0.25) is 0 Å². The minimum atomic E-state index is 0.207. The summed E-state index contributed by atoms with van der Waals surface area (Å²) in [5.41, 5.74) is 5.06. The SMILES string of the molecule is CCCSn1c2c(c3cc(C(=O)N4CCC(C)CC4)ccc31)CN(C1CCOCC1)CC2. The molecule has 2 saturated heterocycles. The second-order valence-corrected chi connectivity index (χ2v) is 10.9. The Morgan fingerprint density at radius 2 is 1.91 bits per heavy atom. The first kappa shape index (κ1) is 22.3. The summed E-state index contributed by atoms with van der Waals surface area (Å²) in [6.45, 7) is 10.2. The summed E-state index contributed by atoms with van der Waals surface area (Å²) in [6.07, 6.45) is 6.76. The van der Waals surface area contributed by atoms with Gasteiger partial charge in [-0.25, -0.2) is 0 Å². The summed E-state index contributed by atoms with van der Waals surface area (Å²) < 4.78 is 8.09. The van der Waals surface area contributed by atoms with Crippen LogP contribution in [0.5, 0.6) is 0 Å². The highest BCUT2D eigenvalue weighted by molar-refractivity contribution is 7.98. The average molecular weight is 456 g/mol. The van der Waals surface area contributed by atoms with Crippen LogP contribution in [0.15, 0.2) is 18.2 Å². The number of carbonyl (C=O) groups excluding carboxylic acids is 1. The van der Waals surface area contributed by atoms with Crippen molar-refractivity contribution in [3.05, 3.63) is 35.0 Å². The van der Waals surface area contributed by atoms with Gasteiger partial charge in [0.05, 0.1) is 5.52 Å². The molecule has 1 aromatic heterocycles. The number of hydrogen-bond acceptors (Lipinski definition) is 4. The summed E-state index contributed by atoms with van der Waals surface area (Å²) in [6, 6.07) is 7.09. The Bertz CT molecular complexity index is 958. The molecule has 5 nitrogen and oxygen atoms in total. The second kappa shape index (κ2) is 9.78. The summed E-state index contributed by atoms with van der Waals surface area (Å²) in [5, 5.41) is 1.29. The number of likely N-dealkylation sites (tertiary alicyclic amines) is 1. The predicted molar refractivity (Wildman–Crippen MR) is 132 cm³/mol. The van der Waals surface area contributed by atoms with Crippen LogP contribution in [-0.2, 0) is 17.7 Å². The normalized spacial score (nSPS) is 21.2. The lowest BCUT2D eigenvalue weighted by Gasteiger charge is -2.37. The molecule has 174 valence electrons. The lowest BCUT2D eigenvalue weighted by Crippen LogP contribution is -2.42. The Balaban J connectivity index is 1.47. The van der Waals surface area contributed by atoms with E-state index in [9.17, 15) is 4.79 Å². The highest BCUT2D eigenvalue weighted by Gasteiger charge is 2.30. The fourth-order valence-electron chi connectivity index (χ4n) is 5.56. The average Bonchev–Trinajstić information content (AvgIpc) is 3.15. The molecular formula is C26H37N3O2S. The van der Waals surface area contributed by atoms with E-state index in [2.05, 4.69) is 45.8 Å². The van der Waals surface area contributed by atoms with E-state index >= 15 is 0 Å². The van der Waals surface area contributed by atoms with Crippen molar-refractivity contribution < 1.29 is 9.53 Å². The number of benzene rings is 1. The fourth-order valence-corrected chi connectivity index (χ4v) is 6.58. The van der Waals surface area contributed by atoms with Gasteiger partial charge in [0.1, 0.15) is 0 Å². The molecule has 5 rings (SSSR count). The Kier molecular flexibility index (Phi) is 6.81. The molecule has 2 aromatic rings. The monoisotopic (exact) mass is 455 g/mol. The molecule has 1 aromatic carbocycles. The lowest BCUT2D eigenvalue weighted by atomic mass is 9.97. The van der Waals surface area contributed by atoms with Crippen molar-refractivity contribution in [2.75, 3.05) is 38.6 Å². The number of amides is 1. The van der Waals surface area contributed by atoms with E-state index < -0.39 is 0 Å². The van der Waals surface area contributed by atoms with Gasteiger partial charge in [-0.2, -0.15) is 0 Å². The van der Waals surface area contributed by atoms with Crippen LogP contribution >= 0.6 is 11.9 Å². The number of rotatable bonds is 5. The molecule has 0 unspecified atom stereocenters. The highest BCUT2D eigenvalue weighted by Crippen LogP contribution is 2.36. The minimum absolute atomic E-state index is 0.207. The van der Waals surface area contributed by atoms with Gasteiger partial charge in [-0.15, -0.1) is 0 Å². The predicted octanol–water partition coefficient (Wildman–Crippen LogP) is 4.96. The molecule has 0 aliphatic carbocycles. The standard InChI is InChI=1S/C26H37N3O2S/c1-3-16-32-29-24-5-4-20(26(30)27-11-6-19(2)7-12-27)17-22(24)23-18-28(13-8-25(23)29)21-9-14-31-15-10-21/h4-5,17,19,21H,3,6-16,18H2,1-2H3. The van der Waals surface area contributed by atoms with Crippen LogP contribution in [0.4, 0.5) is 0 Å². The fraction of sp³-hybridized carbons (Fsp3) is 0.654. The van der Waals surface area contributed by atoms with Gasteiger partial charge in [-0.3, -0.25) is 13.7 Å². The van der Waals surface area contributed by atoms with E-state index in [1.54, 1.807) is 0 Å². The van der Waals surface area contributed by atoms with Crippen molar-refractivity contribution >= 4 is 28.8 Å². The number of fused-ring (bicyclic) bond motifs is 3. The van der Waals surface area contributed by atoms with Gasteiger partial charge in [0, 0.05) is 74.3 Å². The van der Waals surface area contributed by atoms with Gasteiger partial charge < -0.3 is 9.64 Å². The molecule has 3 aliphatic heterocycles. The first-order valence-electron chi connectivity index (χ1n) is 12.6. The zero-order valence-electron chi connectivity index (χ0n) is 19.6. The van der Waals surface area contributed by atoms with Crippen molar-refractivity contribution in [3.63, 3.8) is 0 Å². The second-order valence-electron chi connectivity index (χ2n) is 9.82. The van der Waals surface area contributed by atoms with E-state index in [-0.39, 0.29) is 5.91 Å². The van der Waals surface area contributed by atoms with Crippen LogP contribution in [-0.4, -0.2) is 64.3 Å². The molecular weight excluding hydrogens is 418 g/mol. The van der Waals surface area contributed by atoms with Crippen LogP contribution in [0, 0.1) is 5.92 Å². The molecule has 6 heteroatoms. The molecule has 0 bridgehead atoms. The van der Waals surface area contributed by atoms with Crippen molar-refractivity contribution in [3.8, 4) is 0 Å². The van der Waals surface area contributed by atoms with Crippen LogP contribution in [0.1, 0.15) is 67.6 Å². The molecule has 0 radical (unpaired) electrons. The molecule has 32 heavy (non-hydrogen) atoms. The van der Waals surface area contributed by atoms with E-state index in [0.29, 0.717) is 6.04 Å². The minimum Gasteiger partial charge on any atom is -0.381 e. The van der Waals surface area contributed by atoms with Gasteiger partial charge >= 0.3 is 0 Å². The first-order chi connectivity index (χ1) is 15.7. The first-order valence-corrected chi connectivity index (χ1v) is 13.5. The maximum absolute atomic E-state index is 13.3. The van der Waals surface area contributed by atoms with Gasteiger partial charge in [-0.05, 0) is 73.7 Å². The van der Waals surface area contributed by atoms with Crippen molar-refractivity contribution in [1.29, 1.82) is 0 Å². The van der Waals surface area contributed by atoms with Gasteiger partial charge in [0.15, 0.2) is 0 Å². The number of carbonyl (C=O) groups is 1. The number of nitrogens with zero attached hydrogens (tertiary/aromatic N) is 3. The lowest BCUT2D eigenvalue weighted by molar-refractivity contribution is 0.0291. The van der Waals surface area contributed by atoms with Crippen LogP contribution in [0.25, 0.3) is 10.9 Å². The van der Waals surface area contributed by atoms with E-state index in [1.807, 2.05) is 11.9 Å². The largest absolute Gasteiger partial charge is 0.381 e. The molecule has 0 spiro atoms. The molecule has 0 N–H and O–H groups in total. The zero-order valence-corrected chi connectivity index (χ0v) is 20.5. The molecule has 4 heterocycles. The van der Waals surface area contributed by atoms with Crippen LogP contribution < -0.4 is 0 Å². The van der Waals surface area contributed by atoms with E-state index in [1.165, 1.54) is 22.2 Å². The van der Waals surface area contributed by atoms with E-state index in [4.69, 9.17) is 4.74 Å². The summed E-state index contributed by atoms with van der Waals surface area (Å²) in [5.74, 6) is 2.06. The number of aromatic nitrogens is 1. The molecule has 0 saturated carbocycles. The third kappa shape index (κ3) is 4.34. The number of piperidine rings is 1. The third-order valence-corrected chi connectivity index (χ3v) is 8.85. The number of hydrogen-bond donors (Lipinski definition) is 0.